The van der Waals surface area contributed by atoms with Gasteiger partial charge in [-0.2, -0.15) is 0 Å². The first kappa shape index (κ1) is 25.6. The lowest BCUT2D eigenvalue weighted by Crippen LogP contribution is -2.15. The van der Waals surface area contributed by atoms with Crippen molar-refractivity contribution < 1.29 is 28.1 Å². The van der Waals surface area contributed by atoms with Gasteiger partial charge in [0.15, 0.2) is 11.5 Å². The van der Waals surface area contributed by atoms with Gasteiger partial charge in [-0.05, 0) is 55.7 Å². The van der Waals surface area contributed by atoms with Crippen LogP contribution in [-0.2, 0) is 21.4 Å². The van der Waals surface area contributed by atoms with Crippen molar-refractivity contribution in [2.45, 2.75) is 88.4 Å². The Morgan fingerprint density at radius 3 is 2.62 bits per heavy atom. The number of hydrogen-bond acceptors (Lipinski definition) is 6. The summed E-state index contributed by atoms with van der Waals surface area (Å²) in [5, 5.41) is 18.2. The summed E-state index contributed by atoms with van der Waals surface area (Å²) < 4.78 is 25.0. The number of aromatic nitrogens is 2. The molecular formula is C28H30ClFN2O5. The molecule has 196 valence electrons. The maximum absolute atomic E-state index is 13.4. The zero-order valence-corrected chi connectivity index (χ0v) is 21.5. The summed E-state index contributed by atoms with van der Waals surface area (Å²) >= 11 is 6.12. The van der Waals surface area contributed by atoms with Crippen LogP contribution in [0.4, 0.5) is 4.39 Å². The molecule has 2 fully saturated rings. The number of benzene rings is 1. The molecule has 2 aliphatic rings. The van der Waals surface area contributed by atoms with E-state index in [4.69, 9.17) is 20.6 Å². The first-order chi connectivity index (χ1) is 17.7. The van der Waals surface area contributed by atoms with Crippen molar-refractivity contribution in [3.63, 3.8) is 0 Å². The molecule has 9 heteroatoms. The summed E-state index contributed by atoms with van der Waals surface area (Å²) in [6.45, 7) is 2.19. The van der Waals surface area contributed by atoms with E-state index in [1.54, 1.807) is 0 Å². The van der Waals surface area contributed by atoms with E-state index in [9.17, 15) is 19.1 Å². The molecule has 2 aliphatic carbocycles. The van der Waals surface area contributed by atoms with E-state index in [1.807, 2.05) is 6.07 Å². The van der Waals surface area contributed by atoms with Gasteiger partial charge in [-0.25, -0.2) is 4.39 Å². The van der Waals surface area contributed by atoms with Gasteiger partial charge in [0.25, 0.3) is 0 Å². The monoisotopic (exact) mass is 528 g/mol. The number of carbonyl (C=O) groups is 2. The highest BCUT2D eigenvalue weighted by Crippen LogP contribution is 2.49. The molecule has 7 nitrogen and oxygen atoms in total. The van der Waals surface area contributed by atoms with E-state index in [-0.39, 0.29) is 47.8 Å². The summed E-state index contributed by atoms with van der Waals surface area (Å²) in [5.74, 6) is -0.364. The summed E-state index contributed by atoms with van der Waals surface area (Å²) in [5.41, 5.74) is 2.61. The van der Waals surface area contributed by atoms with Crippen molar-refractivity contribution in [3.05, 3.63) is 57.7 Å². The van der Waals surface area contributed by atoms with Gasteiger partial charge in [0.05, 0.1) is 5.69 Å². The summed E-state index contributed by atoms with van der Waals surface area (Å²) in [6, 6.07) is 5.89. The Bertz CT molecular complexity index is 1310. The second kappa shape index (κ2) is 10.4. The van der Waals surface area contributed by atoms with Crippen molar-refractivity contribution in [2.75, 3.05) is 0 Å². The highest BCUT2D eigenvalue weighted by Gasteiger charge is 2.39. The van der Waals surface area contributed by atoms with E-state index >= 15 is 0 Å². The first-order valence-corrected chi connectivity index (χ1v) is 13.3. The second-order valence-electron chi connectivity index (χ2n) is 10.7. The number of rotatable bonds is 11. The molecule has 2 heterocycles. The van der Waals surface area contributed by atoms with E-state index in [1.165, 1.54) is 18.2 Å². The maximum atomic E-state index is 13.4. The fraction of sp³-hybridized carbons (Fsp3) is 0.500. The Balaban J connectivity index is 1.42. The van der Waals surface area contributed by atoms with Gasteiger partial charge < -0.3 is 14.2 Å². The summed E-state index contributed by atoms with van der Waals surface area (Å²) in [6.07, 6.45) is 6.60. The van der Waals surface area contributed by atoms with Gasteiger partial charge in [0.2, 0.25) is 0 Å². The summed E-state index contributed by atoms with van der Waals surface area (Å²) in [4.78, 5) is 24.5. The molecule has 2 aromatic heterocycles. The van der Waals surface area contributed by atoms with Crippen LogP contribution < -0.4 is 0 Å². The number of hydrogen-bond donors (Lipinski definition) is 1. The molecule has 2 saturated carbocycles. The Morgan fingerprint density at radius 2 is 1.95 bits per heavy atom. The molecular weight excluding hydrogens is 499 g/mol. The third-order valence-electron chi connectivity index (χ3n) is 7.76. The number of carbonyl (C=O) groups excluding carboxylic acids is 1. The van der Waals surface area contributed by atoms with Gasteiger partial charge in [0, 0.05) is 47.2 Å². The summed E-state index contributed by atoms with van der Waals surface area (Å²) in [7, 11) is 0. The van der Waals surface area contributed by atoms with Crippen LogP contribution in [-0.4, -0.2) is 27.2 Å². The molecule has 0 radical (unpaired) electrons. The molecule has 0 amide bonds. The van der Waals surface area contributed by atoms with Crippen molar-refractivity contribution in [2.24, 2.45) is 0 Å². The van der Waals surface area contributed by atoms with Crippen LogP contribution in [0.1, 0.15) is 99.1 Å². The van der Waals surface area contributed by atoms with Crippen LogP contribution >= 0.6 is 11.6 Å². The van der Waals surface area contributed by atoms with Crippen molar-refractivity contribution in [3.8, 4) is 11.5 Å². The van der Waals surface area contributed by atoms with Crippen LogP contribution in [0.5, 0.6) is 0 Å². The van der Waals surface area contributed by atoms with Crippen molar-refractivity contribution in [1.82, 2.24) is 10.3 Å². The van der Waals surface area contributed by atoms with Crippen LogP contribution in [0.15, 0.2) is 33.3 Å². The van der Waals surface area contributed by atoms with Gasteiger partial charge in [0.1, 0.15) is 17.4 Å². The smallest absolute Gasteiger partial charge is 0.303 e. The van der Waals surface area contributed by atoms with E-state index in [0.717, 1.165) is 49.8 Å². The van der Waals surface area contributed by atoms with Gasteiger partial charge >= 0.3 is 5.97 Å². The van der Waals surface area contributed by atoms with Gasteiger partial charge in [-0.15, -0.1) is 0 Å². The second-order valence-corrected chi connectivity index (χ2v) is 11.1. The number of aliphatic carboxylic acids is 1. The largest absolute Gasteiger partial charge is 0.481 e. The van der Waals surface area contributed by atoms with Crippen LogP contribution in [0.3, 0.4) is 0 Å². The average Bonchev–Trinajstić information content (AvgIpc) is 3.22. The Labute approximate surface area is 219 Å². The topological polar surface area (TPSA) is 106 Å². The zero-order chi connectivity index (χ0) is 26.2. The fourth-order valence-corrected chi connectivity index (χ4v) is 5.72. The molecule has 0 spiro atoms. The highest BCUT2D eigenvalue weighted by molar-refractivity contribution is 6.31. The van der Waals surface area contributed by atoms with E-state index < -0.39 is 17.7 Å². The molecule has 1 N–H and O–H groups in total. The molecule has 0 saturated heterocycles. The number of halogens is 2. The lowest BCUT2D eigenvalue weighted by atomic mass is 9.85. The first-order valence-electron chi connectivity index (χ1n) is 12.9. The Kier molecular flexibility index (Phi) is 7.21. The lowest BCUT2D eigenvalue weighted by molar-refractivity contribution is -0.137. The third-order valence-corrected chi connectivity index (χ3v) is 8.11. The van der Waals surface area contributed by atoms with Gasteiger partial charge in [-0.3, -0.25) is 9.59 Å². The zero-order valence-electron chi connectivity index (χ0n) is 20.8. The van der Waals surface area contributed by atoms with Crippen molar-refractivity contribution in [1.29, 1.82) is 0 Å². The standard InChI is InChI=1S/C28H30ClFN2O5/c1-28(10-2-3-11-28)23-15-22(31-36-23)27-25(16-4-5-16)26(32-37-27)18(7-9-24(34)35)13-20(33)12-17-6-8-19(30)14-21(17)29/h6,8,14-16,18H,2-5,7,9-13H2,1H3,(H,34,35)/t18-/m0/s1. The number of nitrogens with zero attached hydrogens (tertiary/aromatic N) is 2. The molecule has 0 bridgehead atoms. The van der Waals surface area contributed by atoms with Crippen LogP contribution in [0, 0.1) is 5.82 Å². The van der Waals surface area contributed by atoms with Crippen molar-refractivity contribution >= 4 is 23.4 Å². The molecule has 1 atom stereocenters. The predicted molar refractivity (Wildman–Crippen MR) is 134 cm³/mol. The number of carboxylic acids is 1. The number of Topliss-reactive ketones (excluding diaryl/α,β-unsaturated/α-hetero) is 1. The minimum Gasteiger partial charge on any atom is -0.481 e. The quantitative estimate of drug-likeness (QED) is 0.286. The molecule has 37 heavy (non-hydrogen) atoms. The Hall–Kier alpha value is -3.00. The lowest BCUT2D eigenvalue weighted by Gasteiger charge is -2.18. The average molecular weight is 529 g/mol. The molecule has 0 aliphatic heterocycles. The van der Waals surface area contributed by atoms with E-state index in [0.29, 0.717) is 22.7 Å². The van der Waals surface area contributed by atoms with Gasteiger partial charge in [-0.1, -0.05) is 47.7 Å². The Morgan fingerprint density at radius 1 is 1.19 bits per heavy atom. The normalized spacial score (nSPS) is 17.7. The number of ketones is 1. The minimum absolute atomic E-state index is 0.0252. The van der Waals surface area contributed by atoms with E-state index in [2.05, 4.69) is 17.2 Å². The molecule has 3 aromatic rings. The molecule has 1 aromatic carbocycles. The van der Waals surface area contributed by atoms with Crippen LogP contribution in [0.2, 0.25) is 5.02 Å². The SMILES string of the molecule is CC1(c2cc(-c3onc([C@@H](CCC(=O)O)CC(=O)Cc4ccc(F)cc4Cl)c3C3CC3)no2)CCCC1. The fourth-order valence-electron chi connectivity index (χ4n) is 5.48. The number of carboxylic acid groups (broad SMARTS) is 1. The highest BCUT2D eigenvalue weighted by atomic mass is 35.5. The third kappa shape index (κ3) is 5.64. The predicted octanol–water partition coefficient (Wildman–Crippen LogP) is 6.98. The molecule has 5 rings (SSSR count). The minimum atomic E-state index is -0.943. The molecule has 0 unspecified atom stereocenters. The maximum Gasteiger partial charge on any atom is 0.303 e. The van der Waals surface area contributed by atoms with Crippen LogP contribution in [0.25, 0.3) is 11.5 Å².